The molecule has 1 aliphatic heterocycles. The highest BCUT2D eigenvalue weighted by atomic mass is 16.6. The van der Waals surface area contributed by atoms with Crippen molar-refractivity contribution >= 4 is 17.5 Å². The van der Waals surface area contributed by atoms with E-state index in [-0.39, 0.29) is 17.5 Å². The minimum Gasteiger partial charge on any atom is -0.335 e. The summed E-state index contributed by atoms with van der Waals surface area (Å²) in [5.74, 6) is -0.268. The third-order valence-corrected chi connectivity index (χ3v) is 4.11. The summed E-state index contributed by atoms with van der Waals surface area (Å²) in [7, 11) is 0. The fourth-order valence-electron chi connectivity index (χ4n) is 2.70. The van der Waals surface area contributed by atoms with Gasteiger partial charge in [-0.25, -0.2) is 0 Å². The maximum atomic E-state index is 12.5. The normalized spacial score (nSPS) is 14.2. The Morgan fingerprint density at radius 1 is 0.840 bits per heavy atom. The van der Waals surface area contributed by atoms with Crippen LogP contribution < -0.4 is 0 Å². The van der Waals surface area contributed by atoms with Crippen LogP contribution in [0.4, 0.5) is 5.69 Å². The van der Waals surface area contributed by atoms with E-state index in [9.17, 15) is 19.7 Å². The Hall–Kier alpha value is -3.29. The average molecular weight is 340 g/mol. The number of benzene rings is 1. The van der Waals surface area contributed by atoms with Gasteiger partial charge in [-0.3, -0.25) is 24.7 Å². The zero-order chi connectivity index (χ0) is 17.8. The molecule has 0 saturated carbocycles. The van der Waals surface area contributed by atoms with Gasteiger partial charge in [-0.05, 0) is 24.3 Å². The Balaban J connectivity index is 1.61. The lowest BCUT2D eigenvalue weighted by Gasteiger charge is -2.34. The molecule has 0 atom stereocenters. The Morgan fingerprint density at radius 3 is 1.72 bits per heavy atom. The van der Waals surface area contributed by atoms with Crippen LogP contribution in [0.3, 0.4) is 0 Å². The Kier molecular flexibility index (Phi) is 4.69. The number of hydrogen-bond donors (Lipinski definition) is 0. The SMILES string of the molecule is O=C(c1ccncc1)N1CCN(C(=O)c2ccc([N+](=O)[O-])cc2)CC1. The first-order valence-corrected chi connectivity index (χ1v) is 7.79. The van der Waals surface area contributed by atoms with Crippen molar-refractivity contribution in [2.24, 2.45) is 0 Å². The van der Waals surface area contributed by atoms with Crippen LogP contribution in [-0.2, 0) is 0 Å². The molecule has 8 heteroatoms. The fraction of sp³-hybridized carbons (Fsp3) is 0.235. The topological polar surface area (TPSA) is 96.7 Å². The molecule has 1 fully saturated rings. The highest BCUT2D eigenvalue weighted by Crippen LogP contribution is 2.15. The van der Waals surface area contributed by atoms with E-state index in [1.54, 1.807) is 34.3 Å². The highest BCUT2D eigenvalue weighted by molar-refractivity contribution is 5.96. The van der Waals surface area contributed by atoms with E-state index >= 15 is 0 Å². The van der Waals surface area contributed by atoms with E-state index in [0.717, 1.165) is 0 Å². The Morgan fingerprint density at radius 2 is 1.28 bits per heavy atom. The number of carbonyl (C=O) groups is 2. The molecule has 0 N–H and O–H groups in total. The standard InChI is InChI=1S/C17H16N4O4/c22-16(13-1-3-15(4-2-13)21(24)25)19-9-11-20(12-10-19)17(23)14-5-7-18-8-6-14/h1-8H,9-12H2. The molecule has 2 aromatic rings. The van der Waals surface area contributed by atoms with E-state index in [1.165, 1.54) is 24.3 Å². The van der Waals surface area contributed by atoms with Crippen molar-refractivity contribution in [3.63, 3.8) is 0 Å². The van der Waals surface area contributed by atoms with Crippen molar-refractivity contribution in [2.75, 3.05) is 26.2 Å². The van der Waals surface area contributed by atoms with Crippen LogP contribution in [0.15, 0.2) is 48.8 Å². The number of piperazine rings is 1. The molecule has 0 spiro atoms. The minimum absolute atomic E-state index is 0.0516. The van der Waals surface area contributed by atoms with Gasteiger partial charge in [-0.2, -0.15) is 0 Å². The first-order valence-electron chi connectivity index (χ1n) is 7.79. The second-order valence-electron chi connectivity index (χ2n) is 5.62. The molecule has 0 aliphatic carbocycles. The number of aromatic nitrogens is 1. The van der Waals surface area contributed by atoms with E-state index < -0.39 is 4.92 Å². The van der Waals surface area contributed by atoms with Gasteiger partial charge in [-0.15, -0.1) is 0 Å². The van der Waals surface area contributed by atoms with Crippen molar-refractivity contribution in [3.05, 3.63) is 70.0 Å². The zero-order valence-corrected chi connectivity index (χ0v) is 13.4. The summed E-state index contributed by atoms with van der Waals surface area (Å²) in [6, 6.07) is 8.87. The number of amides is 2. The maximum Gasteiger partial charge on any atom is 0.269 e. The number of non-ortho nitro benzene ring substituents is 1. The number of rotatable bonds is 3. The number of nitro groups is 1. The number of nitrogens with zero attached hydrogens (tertiary/aromatic N) is 4. The summed E-state index contributed by atoms with van der Waals surface area (Å²) in [5.41, 5.74) is 0.925. The van der Waals surface area contributed by atoms with Crippen molar-refractivity contribution in [3.8, 4) is 0 Å². The molecule has 0 radical (unpaired) electrons. The molecule has 1 aliphatic rings. The number of hydrogen-bond acceptors (Lipinski definition) is 5. The predicted octanol–water partition coefficient (Wildman–Crippen LogP) is 1.59. The van der Waals surface area contributed by atoms with Crippen molar-refractivity contribution in [1.29, 1.82) is 0 Å². The summed E-state index contributed by atoms with van der Waals surface area (Å²) < 4.78 is 0. The summed E-state index contributed by atoms with van der Waals surface area (Å²) in [5, 5.41) is 10.7. The molecule has 3 rings (SSSR count). The average Bonchev–Trinajstić information content (AvgIpc) is 2.67. The van der Waals surface area contributed by atoms with Gasteiger partial charge in [0.2, 0.25) is 0 Å². The second kappa shape index (κ2) is 7.08. The number of nitro benzene ring substituents is 1. The van der Waals surface area contributed by atoms with E-state index in [0.29, 0.717) is 37.3 Å². The van der Waals surface area contributed by atoms with Crippen LogP contribution >= 0.6 is 0 Å². The van der Waals surface area contributed by atoms with Crippen LogP contribution in [0, 0.1) is 10.1 Å². The molecule has 1 saturated heterocycles. The van der Waals surface area contributed by atoms with Crippen molar-refractivity contribution < 1.29 is 14.5 Å². The van der Waals surface area contributed by atoms with Gasteiger partial charge in [-0.1, -0.05) is 0 Å². The molecular formula is C17H16N4O4. The molecule has 128 valence electrons. The van der Waals surface area contributed by atoms with Crippen LogP contribution in [0.1, 0.15) is 20.7 Å². The molecule has 2 heterocycles. The lowest BCUT2D eigenvalue weighted by Crippen LogP contribution is -2.50. The summed E-state index contributed by atoms with van der Waals surface area (Å²) in [4.78, 5) is 42.3. The molecule has 1 aromatic heterocycles. The predicted molar refractivity (Wildman–Crippen MR) is 89.1 cm³/mol. The van der Waals surface area contributed by atoms with Crippen LogP contribution in [0.2, 0.25) is 0 Å². The molecule has 25 heavy (non-hydrogen) atoms. The lowest BCUT2D eigenvalue weighted by atomic mass is 10.1. The smallest absolute Gasteiger partial charge is 0.269 e. The first kappa shape index (κ1) is 16.6. The Labute approximate surface area is 143 Å². The van der Waals surface area contributed by atoms with Gasteiger partial charge in [0.15, 0.2) is 0 Å². The molecule has 8 nitrogen and oxygen atoms in total. The molecule has 0 bridgehead atoms. The third-order valence-electron chi connectivity index (χ3n) is 4.11. The maximum absolute atomic E-state index is 12.5. The van der Waals surface area contributed by atoms with Gasteiger partial charge in [0.1, 0.15) is 0 Å². The van der Waals surface area contributed by atoms with Gasteiger partial charge >= 0.3 is 0 Å². The van der Waals surface area contributed by atoms with Crippen LogP contribution in [-0.4, -0.2) is 57.7 Å². The van der Waals surface area contributed by atoms with Gasteiger partial charge in [0.05, 0.1) is 4.92 Å². The number of pyridine rings is 1. The highest BCUT2D eigenvalue weighted by Gasteiger charge is 2.25. The summed E-state index contributed by atoms with van der Waals surface area (Å²) in [6.45, 7) is 1.74. The van der Waals surface area contributed by atoms with E-state index in [1.807, 2.05) is 0 Å². The minimum atomic E-state index is -0.502. The fourth-order valence-corrected chi connectivity index (χ4v) is 2.70. The Bertz CT molecular complexity index is 784. The molecule has 2 amide bonds. The van der Waals surface area contributed by atoms with Gasteiger partial charge < -0.3 is 9.80 Å². The summed E-state index contributed by atoms with van der Waals surface area (Å²) in [6.07, 6.45) is 3.14. The van der Waals surface area contributed by atoms with Crippen molar-refractivity contribution in [2.45, 2.75) is 0 Å². The van der Waals surface area contributed by atoms with Crippen LogP contribution in [0.25, 0.3) is 0 Å². The number of carbonyl (C=O) groups excluding carboxylic acids is 2. The van der Waals surface area contributed by atoms with E-state index in [4.69, 9.17) is 0 Å². The first-order chi connectivity index (χ1) is 12.1. The summed E-state index contributed by atoms with van der Waals surface area (Å²) >= 11 is 0. The third kappa shape index (κ3) is 3.63. The quantitative estimate of drug-likeness (QED) is 0.624. The molecule has 1 aromatic carbocycles. The van der Waals surface area contributed by atoms with Crippen LogP contribution in [0.5, 0.6) is 0 Å². The zero-order valence-electron chi connectivity index (χ0n) is 13.4. The second-order valence-corrected chi connectivity index (χ2v) is 5.62. The molecule has 0 unspecified atom stereocenters. The lowest BCUT2D eigenvalue weighted by molar-refractivity contribution is -0.384. The van der Waals surface area contributed by atoms with E-state index in [2.05, 4.69) is 4.98 Å². The van der Waals surface area contributed by atoms with Gasteiger partial charge in [0, 0.05) is 61.8 Å². The van der Waals surface area contributed by atoms with Gasteiger partial charge in [0.25, 0.3) is 17.5 Å². The molecular weight excluding hydrogens is 324 g/mol. The largest absolute Gasteiger partial charge is 0.335 e. The monoisotopic (exact) mass is 340 g/mol. The van der Waals surface area contributed by atoms with Crippen molar-refractivity contribution in [1.82, 2.24) is 14.8 Å².